The Labute approximate surface area is 115 Å². The first-order chi connectivity index (χ1) is 9.74. The number of nitrogens with one attached hydrogen (secondary N) is 1. The van der Waals surface area contributed by atoms with E-state index in [1.807, 2.05) is 42.6 Å². The molecule has 1 amide bonds. The molecule has 4 rings (SSSR count). The minimum Gasteiger partial charge on any atom is -0.322 e. The van der Waals surface area contributed by atoms with Gasteiger partial charge in [0.2, 0.25) is 5.91 Å². The molecule has 0 radical (unpaired) electrons. The van der Waals surface area contributed by atoms with Crippen LogP contribution in [0.2, 0.25) is 0 Å². The summed E-state index contributed by atoms with van der Waals surface area (Å²) in [6.45, 7) is 0. The molecule has 2 aromatic rings. The summed E-state index contributed by atoms with van der Waals surface area (Å²) in [5.74, 6) is 0.249. The van der Waals surface area contributed by atoms with Gasteiger partial charge in [-0.05, 0) is 23.9 Å². The van der Waals surface area contributed by atoms with Crippen LogP contribution in [0.1, 0.15) is 24.3 Å². The average molecular weight is 266 g/mol. The smallest absolute Gasteiger partial charge is 0.251 e. The summed E-state index contributed by atoms with van der Waals surface area (Å²) in [6, 6.07) is 9.89. The lowest BCUT2D eigenvalue weighted by Gasteiger charge is -2.45. The topological polar surface area (TPSA) is 53.2 Å². The van der Waals surface area contributed by atoms with Crippen LogP contribution in [0.3, 0.4) is 0 Å². The summed E-state index contributed by atoms with van der Waals surface area (Å²) in [7, 11) is 0. The molecule has 1 fully saturated rings. The second-order valence-corrected chi connectivity index (χ2v) is 5.44. The number of rotatable bonds is 1. The number of hydrogen-bond donors (Lipinski definition) is 1. The third-order valence-electron chi connectivity index (χ3n) is 4.33. The Hall–Kier alpha value is -2.36. The number of allylic oxidation sites excluding steroid dienone is 1. The number of aromatic nitrogens is 1. The van der Waals surface area contributed by atoms with Gasteiger partial charge >= 0.3 is 0 Å². The van der Waals surface area contributed by atoms with E-state index in [4.69, 9.17) is 0 Å². The van der Waals surface area contributed by atoms with Gasteiger partial charge in [-0.15, -0.1) is 0 Å². The van der Waals surface area contributed by atoms with Gasteiger partial charge in [0.15, 0.2) is 0 Å². The molecule has 2 atom stereocenters. The zero-order chi connectivity index (χ0) is 13.7. The number of β-lactam (4-membered cyclic amide) rings is 1. The molecular weight excluding hydrogens is 252 g/mol. The number of H-pyrrole nitrogens is 1. The molecule has 1 N–H and O–H groups in total. The van der Waals surface area contributed by atoms with Gasteiger partial charge in [0.05, 0.1) is 6.04 Å². The zero-order valence-electron chi connectivity index (χ0n) is 10.9. The molecule has 3 heterocycles. The third kappa shape index (κ3) is 1.54. The molecule has 1 aromatic heterocycles. The lowest BCUT2D eigenvalue weighted by atomic mass is 9.80. The minimum absolute atomic E-state index is 0.0386. The van der Waals surface area contributed by atoms with Crippen molar-refractivity contribution in [2.24, 2.45) is 0 Å². The summed E-state index contributed by atoms with van der Waals surface area (Å²) in [5.41, 5.74) is 1.60. The average Bonchev–Trinajstić information content (AvgIpc) is 2.45. The maximum atomic E-state index is 12.3. The quantitative estimate of drug-likeness (QED) is 0.804. The Morgan fingerprint density at radius 1 is 1.20 bits per heavy atom. The maximum absolute atomic E-state index is 12.3. The van der Waals surface area contributed by atoms with Crippen molar-refractivity contribution in [1.82, 2.24) is 9.88 Å². The first kappa shape index (κ1) is 11.5. The van der Waals surface area contributed by atoms with Crippen molar-refractivity contribution in [2.45, 2.75) is 24.8 Å². The molecule has 0 aliphatic carbocycles. The molecule has 2 aliphatic heterocycles. The Balaban J connectivity index is 1.82. The van der Waals surface area contributed by atoms with E-state index in [1.54, 1.807) is 4.90 Å². The van der Waals surface area contributed by atoms with Gasteiger partial charge in [0.1, 0.15) is 0 Å². The van der Waals surface area contributed by atoms with E-state index >= 15 is 0 Å². The molecule has 20 heavy (non-hydrogen) atoms. The Morgan fingerprint density at radius 2 is 2.05 bits per heavy atom. The van der Waals surface area contributed by atoms with Crippen molar-refractivity contribution < 1.29 is 4.79 Å². The second kappa shape index (κ2) is 4.07. The van der Waals surface area contributed by atoms with Crippen LogP contribution in [-0.2, 0) is 4.79 Å². The van der Waals surface area contributed by atoms with Crippen LogP contribution in [-0.4, -0.2) is 21.8 Å². The fourth-order valence-corrected chi connectivity index (χ4v) is 3.24. The largest absolute Gasteiger partial charge is 0.322 e. The van der Waals surface area contributed by atoms with Crippen molar-refractivity contribution in [3.63, 3.8) is 0 Å². The molecule has 1 unspecified atom stereocenters. The lowest BCUT2D eigenvalue weighted by molar-refractivity contribution is -0.142. The van der Waals surface area contributed by atoms with Gasteiger partial charge in [-0.1, -0.05) is 24.3 Å². The fraction of sp³-hybridized carbons (Fsp3) is 0.250. The van der Waals surface area contributed by atoms with Crippen LogP contribution in [0, 0.1) is 0 Å². The van der Waals surface area contributed by atoms with Crippen molar-refractivity contribution >= 4 is 16.8 Å². The Morgan fingerprint density at radius 3 is 2.90 bits per heavy atom. The summed E-state index contributed by atoms with van der Waals surface area (Å²) in [6.07, 6.45) is 5.19. The predicted molar refractivity (Wildman–Crippen MR) is 76.3 cm³/mol. The SMILES string of the molecule is O=C1C[C@H]2C(c3cc4ccccc4[nH]c3=O)CC=CN12. The molecule has 2 aliphatic rings. The van der Waals surface area contributed by atoms with Gasteiger partial charge in [0, 0.05) is 29.6 Å². The van der Waals surface area contributed by atoms with Crippen molar-refractivity contribution in [1.29, 1.82) is 0 Å². The molecule has 1 aromatic carbocycles. The minimum atomic E-state index is -0.0386. The molecule has 0 saturated carbocycles. The number of benzene rings is 1. The van der Waals surface area contributed by atoms with Crippen molar-refractivity contribution in [3.8, 4) is 0 Å². The number of aromatic amines is 1. The number of carbonyl (C=O) groups excluding carboxylic acids is 1. The first-order valence-electron chi connectivity index (χ1n) is 6.84. The van der Waals surface area contributed by atoms with Crippen LogP contribution in [0.25, 0.3) is 10.9 Å². The monoisotopic (exact) mass is 266 g/mol. The van der Waals surface area contributed by atoms with E-state index in [0.717, 1.165) is 22.9 Å². The van der Waals surface area contributed by atoms with Gasteiger partial charge in [0.25, 0.3) is 5.56 Å². The number of amides is 1. The third-order valence-corrected chi connectivity index (χ3v) is 4.33. The normalized spacial score (nSPS) is 24.6. The number of hydrogen-bond acceptors (Lipinski definition) is 2. The maximum Gasteiger partial charge on any atom is 0.251 e. The summed E-state index contributed by atoms with van der Waals surface area (Å²) in [5, 5.41) is 1.04. The van der Waals surface area contributed by atoms with E-state index in [1.165, 1.54) is 0 Å². The molecule has 100 valence electrons. The number of carbonyl (C=O) groups is 1. The van der Waals surface area contributed by atoms with E-state index in [9.17, 15) is 9.59 Å². The molecule has 4 nitrogen and oxygen atoms in total. The highest BCUT2D eigenvalue weighted by Gasteiger charge is 2.42. The summed E-state index contributed by atoms with van der Waals surface area (Å²) >= 11 is 0. The first-order valence-corrected chi connectivity index (χ1v) is 6.84. The highest BCUT2D eigenvalue weighted by Crippen LogP contribution is 2.38. The Kier molecular flexibility index (Phi) is 2.33. The van der Waals surface area contributed by atoms with Gasteiger partial charge in [-0.3, -0.25) is 9.59 Å². The van der Waals surface area contributed by atoms with E-state index in [-0.39, 0.29) is 23.4 Å². The van der Waals surface area contributed by atoms with E-state index < -0.39 is 0 Å². The van der Waals surface area contributed by atoms with Gasteiger partial charge in [-0.25, -0.2) is 0 Å². The molecular formula is C16H14N2O2. The number of pyridine rings is 1. The molecule has 4 heteroatoms. The van der Waals surface area contributed by atoms with E-state index in [0.29, 0.717) is 6.42 Å². The van der Waals surface area contributed by atoms with Crippen LogP contribution in [0.5, 0.6) is 0 Å². The molecule has 0 spiro atoms. The van der Waals surface area contributed by atoms with E-state index in [2.05, 4.69) is 4.98 Å². The standard InChI is InChI=1S/C16H14N2O2/c19-15-9-14-11(5-3-7-18(14)15)12-8-10-4-1-2-6-13(10)17-16(12)20/h1-4,6-8,11,14H,5,9H2,(H,17,20)/t11?,14-/m0/s1. The van der Waals surface area contributed by atoms with Crippen LogP contribution < -0.4 is 5.56 Å². The molecule has 1 saturated heterocycles. The van der Waals surface area contributed by atoms with Gasteiger partial charge in [-0.2, -0.15) is 0 Å². The van der Waals surface area contributed by atoms with Crippen LogP contribution in [0.15, 0.2) is 47.4 Å². The second-order valence-electron chi connectivity index (χ2n) is 5.44. The summed E-state index contributed by atoms with van der Waals surface area (Å²) in [4.78, 5) is 28.5. The lowest BCUT2D eigenvalue weighted by Crippen LogP contribution is -2.54. The highest BCUT2D eigenvalue weighted by atomic mass is 16.2. The fourth-order valence-electron chi connectivity index (χ4n) is 3.24. The number of para-hydroxylation sites is 1. The Bertz CT molecular complexity index is 790. The highest BCUT2D eigenvalue weighted by molar-refractivity contribution is 5.85. The van der Waals surface area contributed by atoms with Crippen LogP contribution in [0.4, 0.5) is 0 Å². The number of nitrogens with zero attached hydrogens (tertiary/aromatic N) is 1. The zero-order valence-corrected chi connectivity index (χ0v) is 10.9. The summed E-state index contributed by atoms with van der Waals surface area (Å²) < 4.78 is 0. The predicted octanol–water partition coefficient (Wildman–Crippen LogP) is 2.13. The van der Waals surface area contributed by atoms with Gasteiger partial charge < -0.3 is 9.88 Å². The van der Waals surface area contributed by atoms with Crippen molar-refractivity contribution in [2.75, 3.05) is 0 Å². The molecule has 0 bridgehead atoms. The number of fused-ring (bicyclic) bond motifs is 2. The van der Waals surface area contributed by atoms with Crippen LogP contribution >= 0.6 is 0 Å². The van der Waals surface area contributed by atoms with Crippen molar-refractivity contribution in [3.05, 3.63) is 58.5 Å².